The van der Waals surface area contributed by atoms with Crippen molar-refractivity contribution >= 4 is 33.4 Å². The molecule has 184 valence electrons. The summed E-state index contributed by atoms with van der Waals surface area (Å²) >= 11 is 1.79. The second-order valence-corrected chi connectivity index (χ2v) is 11.9. The number of carbonyl (C=O) groups is 1. The summed E-state index contributed by atoms with van der Waals surface area (Å²) in [7, 11) is -3.12. The number of sulfonamides is 1. The first kappa shape index (κ1) is 25.4. The summed E-state index contributed by atoms with van der Waals surface area (Å²) in [5, 5.41) is 3.03. The van der Waals surface area contributed by atoms with Crippen molar-refractivity contribution in [2.75, 3.05) is 37.8 Å². The van der Waals surface area contributed by atoms with Crippen LogP contribution >= 0.6 is 11.8 Å². The number of hydrogen-bond acceptors (Lipinski definition) is 5. The predicted octanol–water partition coefficient (Wildman–Crippen LogP) is 4.62. The van der Waals surface area contributed by atoms with E-state index in [9.17, 15) is 13.2 Å². The molecule has 0 radical (unpaired) electrons. The number of thioether (sulfide) groups is 1. The molecular formula is C27H31N3O3S2. The van der Waals surface area contributed by atoms with Crippen molar-refractivity contribution < 1.29 is 13.2 Å². The summed E-state index contributed by atoms with van der Waals surface area (Å²) < 4.78 is 24.9. The largest absolute Gasteiger partial charge is 0.322 e. The van der Waals surface area contributed by atoms with Crippen LogP contribution in [0.5, 0.6) is 0 Å². The van der Waals surface area contributed by atoms with Crippen LogP contribution in [0.2, 0.25) is 0 Å². The van der Waals surface area contributed by atoms with E-state index in [1.54, 1.807) is 11.8 Å². The van der Waals surface area contributed by atoms with Crippen LogP contribution in [0.4, 0.5) is 5.69 Å². The third-order valence-corrected chi connectivity index (χ3v) is 8.50. The van der Waals surface area contributed by atoms with Crippen molar-refractivity contribution in [1.82, 2.24) is 9.21 Å². The summed E-state index contributed by atoms with van der Waals surface area (Å²) in [6.07, 6.45) is 1.26. The lowest BCUT2D eigenvalue weighted by molar-refractivity contribution is 0.102. The van der Waals surface area contributed by atoms with E-state index in [1.807, 2.05) is 55.5 Å². The van der Waals surface area contributed by atoms with Gasteiger partial charge < -0.3 is 5.32 Å². The normalized spacial score (nSPS) is 15.1. The van der Waals surface area contributed by atoms with Gasteiger partial charge in [-0.1, -0.05) is 42.5 Å². The summed E-state index contributed by atoms with van der Waals surface area (Å²) in [4.78, 5) is 16.3. The minimum atomic E-state index is -3.12. The number of benzene rings is 3. The SMILES string of the molecule is Cc1cc(CSc2ccccc2)ccc1NC(=O)c1ccc(CN2CCN(S(C)(=O)=O)CC2)cc1. The maximum atomic E-state index is 12.8. The van der Waals surface area contributed by atoms with Gasteiger partial charge in [-0.25, -0.2) is 8.42 Å². The van der Waals surface area contributed by atoms with E-state index < -0.39 is 10.0 Å². The van der Waals surface area contributed by atoms with Gasteiger partial charge in [-0.15, -0.1) is 11.8 Å². The molecule has 1 amide bonds. The van der Waals surface area contributed by atoms with E-state index in [0.29, 0.717) is 31.7 Å². The van der Waals surface area contributed by atoms with Gasteiger partial charge in [0.1, 0.15) is 0 Å². The van der Waals surface area contributed by atoms with Crippen LogP contribution in [-0.2, 0) is 22.3 Å². The zero-order valence-electron chi connectivity index (χ0n) is 20.1. The number of piperazine rings is 1. The molecule has 4 rings (SSSR count). The molecule has 0 unspecified atom stereocenters. The van der Waals surface area contributed by atoms with Crippen LogP contribution in [0, 0.1) is 6.92 Å². The fourth-order valence-corrected chi connectivity index (χ4v) is 5.76. The number of nitrogens with zero attached hydrogens (tertiary/aromatic N) is 2. The molecule has 35 heavy (non-hydrogen) atoms. The first-order valence-corrected chi connectivity index (χ1v) is 14.5. The lowest BCUT2D eigenvalue weighted by atomic mass is 10.1. The van der Waals surface area contributed by atoms with Crippen molar-refractivity contribution in [2.45, 2.75) is 24.1 Å². The number of amides is 1. The van der Waals surface area contributed by atoms with Gasteiger partial charge in [0.25, 0.3) is 5.91 Å². The first-order valence-electron chi connectivity index (χ1n) is 11.6. The van der Waals surface area contributed by atoms with Crippen LogP contribution in [0.25, 0.3) is 0 Å². The molecule has 1 N–H and O–H groups in total. The minimum absolute atomic E-state index is 0.132. The van der Waals surface area contributed by atoms with Crippen LogP contribution in [0.15, 0.2) is 77.7 Å². The van der Waals surface area contributed by atoms with Crippen LogP contribution in [-0.4, -0.2) is 56.0 Å². The Bertz CT molecular complexity index is 1250. The van der Waals surface area contributed by atoms with Gasteiger partial charge >= 0.3 is 0 Å². The van der Waals surface area contributed by atoms with Crippen molar-refractivity contribution in [3.8, 4) is 0 Å². The second-order valence-electron chi connectivity index (χ2n) is 8.84. The Morgan fingerprint density at radius 2 is 1.57 bits per heavy atom. The van der Waals surface area contributed by atoms with Gasteiger partial charge in [0.2, 0.25) is 10.0 Å². The van der Waals surface area contributed by atoms with Crippen LogP contribution in [0.3, 0.4) is 0 Å². The summed E-state index contributed by atoms with van der Waals surface area (Å²) in [6, 6.07) is 24.1. The van der Waals surface area contributed by atoms with E-state index in [4.69, 9.17) is 0 Å². The molecule has 1 heterocycles. The highest BCUT2D eigenvalue weighted by Crippen LogP contribution is 2.25. The molecule has 6 nitrogen and oxygen atoms in total. The number of aryl methyl sites for hydroxylation is 1. The maximum Gasteiger partial charge on any atom is 0.255 e. The quantitative estimate of drug-likeness (QED) is 0.449. The molecule has 1 aliphatic heterocycles. The Balaban J connectivity index is 1.29. The Labute approximate surface area is 212 Å². The van der Waals surface area contributed by atoms with E-state index in [1.165, 1.54) is 21.0 Å². The average molecular weight is 510 g/mol. The maximum absolute atomic E-state index is 12.8. The molecule has 0 bridgehead atoms. The summed E-state index contributed by atoms with van der Waals surface area (Å²) in [5.41, 5.74) is 4.78. The zero-order chi connectivity index (χ0) is 24.8. The molecule has 1 saturated heterocycles. The highest BCUT2D eigenvalue weighted by molar-refractivity contribution is 7.98. The molecule has 0 aliphatic carbocycles. The molecule has 3 aromatic carbocycles. The fourth-order valence-electron chi connectivity index (χ4n) is 4.07. The van der Waals surface area contributed by atoms with Crippen molar-refractivity contribution in [2.24, 2.45) is 0 Å². The van der Waals surface area contributed by atoms with E-state index in [-0.39, 0.29) is 5.91 Å². The zero-order valence-corrected chi connectivity index (χ0v) is 21.7. The third kappa shape index (κ3) is 7.18. The molecule has 0 aromatic heterocycles. The molecule has 0 spiro atoms. The molecule has 0 atom stereocenters. The average Bonchev–Trinajstić information content (AvgIpc) is 2.85. The summed E-state index contributed by atoms with van der Waals surface area (Å²) in [6.45, 7) is 5.19. The number of nitrogens with one attached hydrogen (secondary N) is 1. The lowest BCUT2D eigenvalue weighted by Gasteiger charge is -2.33. The smallest absolute Gasteiger partial charge is 0.255 e. The predicted molar refractivity (Wildman–Crippen MR) is 143 cm³/mol. The Morgan fingerprint density at radius 1 is 0.914 bits per heavy atom. The number of anilines is 1. The standard InChI is InChI=1S/C27H31N3O3S2/c1-21-18-23(20-34-25-6-4-3-5-7-25)10-13-26(21)28-27(31)24-11-8-22(9-12-24)19-29-14-16-30(17-15-29)35(2,32)33/h3-13,18H,14-17,19-20H2,1-2H3,(H,28,31). The number of carbonyl (C=O) groups excluding carboxylic acids is 1. The van der Waals surface area contributed by atoms with Gasteiger partial charge in [0.05, 0.1) is 6.26 Å². The highest BCUT2D eigenvalue weighted by atomic mass is 32.2. The third-order valence-electron chi connectivity index (χ3n) is 6.11. The second kappa shape index (κ2) is 11.4. The van der Waals surface area contributed by atoms with Crippen LogP contribution < -0.4 is 5.32 Å². The summed E-state index contributed by atoms with van der Waals surface area (Å²) in [5.74, 6) is 0.747. The van der Waals surface area contributed by atoms with Crippen molar-refractivity contribution in [3.05, 3.63) is 95.1 Å². The Kier molecular flexibility index (Phi) is 8.28. The van der Waals surface area contributed by atoms with Crippen molar-refractivity contribution in [1.29, 1.82) is 0 Å². The molecule has 1 fully saturated rings. The van der Waals surface area contributed by atoms with Gasteiger partial charge in [0.15, 0.2) is 0 Å². The minimum Gasteiger partial charge on any atom is -0.322 e. The van der Waals surface area contributed by atoms with E-state index in [2.05, 4.69) is 34.5 Å². The number of rotatable bonds is 8. The van der Waals surface area contributed by atoms with Gasteiger partial charge in [-0.2, -0.15) is 4.31 Å². The molecule has 0 saturated carbocycles. The Hall–Kier alpha value is -2.65. The molecule has 8 heteroatoms. The first-order chi connectivity index (χ1) is 16.8. The highest BCUT2D eigenvalue weighted by Gasteiger charge is 2.23. The van der Waals surface area contributed by atoms with Crippen molar-refractivity contribution in [3.63, 3.8) is 0 Å². The van der Waals surface area contributed by atoms with Crippen LogP contribution in [0.1, 0.15) is 27.0 Å². The lowest BCUT2D eigenvalue weighted by Crippen LogP contribution is -2.47. The van der Waals surface area contributed by atoms with E-state index in [0.717, 1.165) is 29.1 Å². The monoisotopic (exact) mass is 509 g/mol. The van der Waals surface area contributed by atoms with Gasteiger partial charge in [0, 0.05) is 54.6 Å². The van der Waals surface area contributed by atoms with Gasteiger partial charge in [-0.3, -0.25) is 9.69 Å². The van der Waals surface area contributed by atoms with E-state index >= 15 is 0 Å². The number of hydrogen-bond donors (Lipinski definition) is 1. The molecule has 3 aromatic rings. The molecular weight excluding hydrogens is 478 g/mol. The van der Waals surface area contributed by atoms with Gasteiger partial charge in [-0.05, 0) is 53.9 Å². The Morgan fingerprint density at radius 3 is 2.20 bits per heavy atom. The topological polar surface area (TPSA) is 69.7 Å². The molecule has 1 aliphatic rings. The fraction of sp³-hybridized carbons (Fsp3) is 0.296.